The van der Waals surface area contributed by atoms with E-state index in [1.165, 1.54) is 5.56 Å². The van der Waals surface area contributed by atoms with Gasteiger partial charge in [-0.05, 0) is 26.0 Å². The van der Waals surface area contributed by atoms with Gasteiger partial charge in [-0.15, -0.1) is 0 Å². The van der Waals surface area contributed by atoms with Crippen LogP contribution in [-0.2, 0) is 0 Å². The summed E-state index contributed by atoms with van der Waals surface area (Å²) < 4.78 is 5.71. The molecule has 2 rings (SSSR count). The minimum Gasteiger partial charge on any atom is -0.492 e. The van der Waals surface area contributed by atoms with Gasteiger partial charge in [-0.3, -0.25) is 0 Å². The van der Waals surface area contributed by atoms with Crippen molar-refractivity contribution in [3.63, 3.8) is 0 Å². The first-order valence-electron chi connectivity index (χ1n) is 5.90. The van der Waals surface area contributed by atoms with E-state index in [4.69, 9.17) is 4.74 Å². The van der Waals surface area contributed by atoms with Crippen molar-refractivity contribution >= 4 is 0 Å². The molecule has 1 fully saturated rings. The normalized spacial score (nSPS) is 17.9. The fourth-order valence-electron chi connectivity index (χ4n) is 1.71. The van der Waals surface area contributed by atoms with Crippen molar-refractivity contribution in [2.75, 3.05) is 19.7 Å². The number of hydrogen-bond donors (Lipinski definition) is 2. The molecule has 0 aliphatic carbocycles. The van der Waals surface area contributed by atoms with Crippen LogP contribution in [-0.4, -0.2) is 31.8 Å². The smallest absolute Gasteiger partial charge is 0.119 e. The molecule has 1 saturated heterocycles. The van der Waals surface area contributed by atoms with Crippen molar-refractivity contribution in [2.24, 2.45) is 0 Å². The molecular weight excluding hydrogens is 200 g/mol. The fourth-order valence-corrected chi connectivity index (χ4v) is 1.71. The maximum atomic E-state index is 5.71. The third-order valence-corrected chi connectivity index (χ3v) is 2.82. The van der Waals surface area contributed by atoms with E-state index in [0.29, 0.717) is 12.1 Å². The van der Waals surface area contributed by atoms with Crippen LogP contribution in [0.4, 0.5) is 0 Å². The summed E-state index contributed by atoms with van der Waals surface area (Å²) in [5.74, 6) is 0.950. The summed E-state index contributed by atoms with van der Waals surface area (Å²) in [6.07, 6.45) is 0. The van der Waals surface area contributed by atoms with Gasteiger partial charge < -0.3 is 15.4 Å². The maximum Gasteiger partial charge on any atom is 0.119 e. The third-order valence-electron chi connectivity index (χ3n) is 2.82. The van der Waals surface area contributed by atoms with Crippen LogP contribution in [0, 0.1) is 6.92 Å². The molecule has 88 valence electrons. The highest BCUT2D eigenvalue weighted by molar-refractivity contribution is 5.26. The second-order valence-electron chi connectivity index (χ2n) is 4.55. The summed E-state index contributed by atoms with van der Waals surface area (Å²) in [7, 11) is 0. The second kappa shape index (κ2) is 5.32. The average molecular weight is 220 g/mol. The lowest BCUT2D eigenvalue weighted by Crippen LogP contribution is -2.58. The molecule has 1 aromatic carbocycles. The van der Waals surface area contributed by atoms with E-state index < -0.39 is 0 Å². The number of hydrogen-bond acceptors (Lipinski definition) is 3. The van der Waals surface area contributed by atoms with E-state index in [-0.39, 0.29) is 0 Å². The molecule has 0 bridgehead atoms. The molecule has 1 atom stereocenters. The lowest BCUT2D eigenvalue weighted by Gasteiger charge is -2.31. The minimum absolute atomic E-state index is 0.397. The van der Waals surface area contributed by atoms with Gasteiger partial charge in [0.2, 0.25) is 0 Å². The molecule has 0 spiro atoms. The molecule has 16 heavy (non-hydrogen) atoms. The van der Waals surface area contributed by atoms with Crippen LogP contribution in [0.15, 0.2) is 24.3 Å². The van der Waals surface area contributed by atoms with Gasteiger partial charge in [-0.1, -0.05) is 17.7 Å². The summed E-state index contributed by atoms with van der Waals surface area (Å²) in [4.78, 5) is 0. The predicted molar refractivity (Wildman–Crippen MR) is 65.9 cm³/mol. The van der Waals surface area contributed by atoms with Gasteiger partial charge in [-0.2, -0.15) is 0 Å². The van der Waals surface area contributed by atoms with E-state index in [0.717, 1.165) is 25.4 Å². The first-order valence-corrected chi connectivity index (χ1v) is 5.90. The van der Waals surface area contributed by atoms with Crippen LogP contribution in [0.25, 0.3) is 0 Å². The lowest BCUT2D eigenvalue weighted by molar-refractivity contribution is 0.241. The molecular formula is C13H20N2O. The molecule has 2 N–H and O–H groups in total. The number of rotatable bonds is 5. The largest absolute Gasteiger partial charge is 0.492 e. The predicted octanol–water partition coefficient (Wildman–Crippen LogP) is 1.32. The van der Waals surface area contributed by atoms with Crippen LogP contribution in [0.5, 0.6) is 5.75 Å². The Morgan fingerprint density at radius 3 is 2.62 bits per heavy atom. The molecule has 0 amide bonds. The van der Waals surface area contributed by atoms with Crippen molar-refractivity contribution in [1.29, 1.82) is 0 Å². The highest BCUT2D eigenvalue weighted by atomic mass is 16.5. The number of ether oxygens (including phenoxy) is 1. The van der Waals surface area contributed by atoms with E-state index in [9.17, 15) is 0 Å². The number of nitrogens with one attached hydrogen (secondary N) is 2. The van der Waals surface area contributed by atoms with Gasteiger partial charge in [0.25, 0.3) is 0 Å². The fraction of sp³-hybridized carbons (Fsp3) is 0.538. The van der Waals surface area contributed by atoms with Crippen molar-refractivity contribution in [3.8, 4) is 5.75 Å². The quantitative estimate of drug-likeness (QED) is 0.785. The zero-order valence-corrected chi connectivity index (χ0v) is 9.99. The minimum atomic E-state index is 0.397. The lowest BCUT2D eigenvalue weighted by atomic mass is 10.1. The average Bonchev–Trinajstić information content (AvgIpc) is 2.23. The standard InChI is InChI=1S/C13H20N2O/c1-10-3-5-13(6-4-10)16-9-11(2)15-12-7-14-8-12/h3-6,11-12,14-15H,7-9H2,1-2H3. The summed E-state index contributed by atoms with van der Waals surface area (Å²) in [5, 5.41) is 6.75. The van der Waals surface area contributed by atoms with Crippen LogP contribution >= 0.6 is 0 Å². The van der Waals surface area contributed by atoms with Crippen LogP contribution in [0.2, 0.25) is 0 Å². The number of benzene rings is 1. The first kappa shape index (κ1) is 11.4. The monoisotopic (exact) mass is 220 g/mol. The Labute approximate surface area is 97.2 Å². The maximum absolute atomic E-state index is 5.71. The molecule has 3 nitrogen and oxygen atoms in total. The SMILES string of the molecule is Cc1ccc(OCC(C)NC2CNC2)cc1. The van der Waals surface area contributed by atoms with Crippen LogP contribution in [0.3, 0.4) is 0 Å². The molecule has 0 aromatic heterocycles. The topological polar surface area (TPSA) is 33.3 Å². The van der Waals surface area contributed by atoms with Gasteiger partial charge in [-0.25, -0.2) is 0 Å². The third kappa shape index (κ3) is 3.22. The Kier molecular flexibility index (Phi) is 3.80. The Morgan fingerprint density at radius 2 is 2.06 bits per heavy atom. The Hall–Kier alpha value is -1.06. The van der Waals surface area contributed by atoms with Crippen LogP contribution < -0.4 is 15.4 Å². The zero-order valence-electron chi connectivity index (χ0n) is 9.99. The number of aryl methyl sites for hydroxylation is 1. The van der Waals surface area contributed by atoms with Gasteiger partial charge in [0, 0.05) is 25.2 Å². The van der Waals surface area contributed by atoms with Crippen molar-refractivity contribution < 1.29 is 4.74 Å². The summed E-state index contributed by atoms with van der Waals surface area (Å²) in [6.45, 7) is 7.12. The summed E-state index contributed by atoms with van der Waals surface area (Å²) in [5.41, 5.74) is 1.26. The van der Waals surface area contributed by atoms with Crippen molar-refractivity contribution in [2.45, 2.75) is 25.9 Å². The van der Waals surface area contributed by atoms with Crippen LogP contribution in [0.1, 0.15) is 12.5 Å². The van der Waals surface area contributed by atoms with E-state index >= 15 is 0 Å². The molecule has 0 radical (unpaired) electrons. The highest BCUT2D eigenvalue weighted by Gasteiger charge is 2.18. The Morgan fingerprint density at radius 1 is 1.38 bits per heavy atom. The molecule has 3 heteroatoms. The summed E-state index contributed by atoms with van der Waals surface area (Å²) in [6, 6.07) is 9.21. The van der Waals surface area contributed by atoms with Gasteiger partial charge >= 0.3 is 0 Å². The molecule has 1 aliphatic rings. The molecule has 0 saturated carbocycles. The summed E-state index contributed by atoms with van der Waals surface area (Å²) >= 11 is 0. The Bertz CT molecular complexity index is 319. The Balaban J connectivity index is 1.71. The zero-order chi connectivity index (χ0) is 11.4. The highest BCUT2D eigenvalue weighted by Crippen LogP contribution is 2.11. The molecule has 1 aliphatic heterocycles. The van der Waals surface area contributed by atoms with Gasteiger partial charge in [0.05, 0.1) is 0 Å². The second-order valence-corrected chi connectivity index (χ2v) is 4.55. The molecule has 1 heterocycles. The van der Waals surface area contributed by atoms with E-state index in [2.05, 4.69) is 36.6 Å². The first-order chi connectivity index (χ1) is 7.74. The molecule has 1 unspecified atom stereocenters. The van der Waals surface area contributed by atoms with Crippen molar-refractivity contribution in [3.05, 3.63) is 29.8 Å². The van der Waals surface area contributed by atoms with Gasteiger partial charge in [0.1, 0.15) is 12.4 Å². The van der Waals surface area contributed by atoms with Crippen molar-refractivity contribution in [1.82, 2.24) is 10.6 Å². The van der Waals surface area contributed by atoms with E-state index in [1.807, 2.05) is 12.1 Å². The molecule has 1 aromatic rings. The van der Waals surface area contributed by atoms with Gasteiger partial charge in [0.15, 0.2) is 0 Å². The van der Waals surface area contributed by atoms with E-state index in [1.54, 1.807) is 0 Å².